The second-order valence-electron chi connectivity index (χ2n) is 4.34. The van der Waals surface area contributed by atoms with Crippen LogP contribution in [0.3, 0.4) is 0 Å². The van der Waals surface area contributed by atoms with Crippen molar-refractivity contribution in [3.8, 4) is 0 Å². The van der Waals surface area contributed by atoms with Crippen molar-refractivity contribution in [1.82, 2.24) is 10.3 Å². The van der Waals surface area contributed by atoms with E-state index in [1.165, 1.54) is 12.3 Å². The number of amides is 1. The molecule has 1 atom stereocenters. The third kappa shape index (κ3) is 3.33. The van der Waals surface area contributed by atoms with Gasteiger partial charge in [-0.15, -0.1) is 0 Å². The monoisotopic (exact) mass is 288 g/mol. The van der Waals surface area contributed by atoms with Crippen LogP contribution in [-0.2, 0) is 9.59 Å². The summed E-state index contributed by atoms with van der Waals surface area (Å²) in [5, 5.41) is 20.5. The molecule has 7 heteroatoms. The first-order valence-corrected chi connectivity index (χ1v) is 6.08. The van der Waals surface area contributed by atoms with Crippen molar-refractivity contribution >= 4 is 28.7 Å². The van der Waals surface area contributed by atoms with E-state index in [-0.39, 0.29) is 5.56 Å². The fraction of sp³-hybridized carbons (Fsp3) is 0.143. The first-order valence-electron chi connectivity index (χ1n) is 6.08. The molecule has 0 aliphatic rings. The predicted octanol–water partition coefficient (Wildman–Crippen LogP) is 0.892. The van der Waals surface area contributed by atoms with Gasteiger partial charge in [0.25, 0.3) is 5.91 Å². The molecular weight excluding hydrogens is 276 g/mol. The zero-order valence-corrected chi connectivity index (χ0v) is 10.8. The molecule has 108 valence electrons. The average molecular weight is 288 g/mol. The summed E-state index contributed by atoms with van der Waals surface area (Å²) in [6.07, 6.45) is 0.824. The Bertz CT molecular complexity index is 708. The summed E-state index contributed by atoms with van der Waals surface area (Å²) in [5.41, 5.74) is 0.627. The maximum Gasteiger partial charge on any atom is 0.326 e. The van der Waals surface area contributed by atoms with E-state index < -0.39 is 30.3 Å². The second-order valence-corrected chi connectivity index (χ2v) is 4.34. The van der Waals surface area contributed by atoms with Crippen molar-refractivity contribution in [2.75, 3.05) is 0 Å². The zero-order chi connectivity index (χ0) is 15.4. The van der Waals surface area contributed by atoms with Crippen molar-refractivity contribution in [2.45, 2.75) is 12.5 Å². The number of aromatic nitrogens is 1. The van der Waals surface area contributed by atoms with E-state index in [0.717, 1.165) is 5.39 Å². The average Bonchev–Trinajstić information content (AvgIpc) is 2.45. The third-order valence-corrected chi connectivity index (χ3v) is 2.86. The number of para-hydroxylation sites is 1. The fourth-order valence-corrected chi connectivity index (χ4v) is 1.90. The van der Waals surface area contributed by atoms with Crippen LogP contribution in [0.15, 0.2) is 36.5 Å². The minimum atomic E-state index is -1.49. The highest BCUT2D eigenvalue weighted by atomic mass is 16.4. The molecule has 0 aliphatic carbocycles. The molecule has 1 aromatic heterocycles. The van der Waals surface area contributed by atoms with Crippen LogP contribution < -0.4 is 5.32 Å². The largest absolute Gasteiger partial charge is 0.481 e. The Hall–Kier alpha value is -2.96. The summed E-state index contributed by atoms with van der Waals surface area (Å²) >= 11 is 0. The number of rotatable bonds is 5. The van der Waals surface area contributed by atoms with Gasteiger partial charge >= 0.3 is 11.9 Å². The Balaban J connectivity index is 2.29. The van der Waals surface area contributed by atoms with E-state index in [0.29, 0.717) is 5.52 Å². The van der Waals surface area contributed by atoms with Crippen LogP contribution in [0.1, 0.15) is 16.8 Å². The Labute approximate surface area is 119 Å². The molecule has 1 heterocycles. The lowest BCUT2D eigenvalue weighted by molar-refractivity contribution is -0.145. The molecule has 0 saturated heterocycles. The second kappa shape index (κ2) is 6.00. The highest BCUT2D eigenvalue weighted by Crippen LogP contribution is 2.16. The highest BCUT2D eigenvalue weighted by molar-refractivity contribution is 6.06. The molecule has 0 aliphatic heterocycles. The van der Waals surface area contributed by atoms with Gasteiger partial charge in [-0.3, -0.25) is 14.6 Å². The van der Waals surface area contributed by atoms with Crippen LogP contribution >= 0.6 is 0 Å². The summed E-state index contributed by atoms with van der Waals surface area (Å²) in [6, 6.07) is 6.91. The summed E-state index contributed by atoms with van der Waals surface area (Å²) < 4.78 is 0. The number of hydrogen-bond donors (Lipinski definition) is 3. The van der Waals surface area contributed by atoms with Gasteiger partial charge in [0, 0.05) is 11.6 Å². The standard InChI is InChI=1S/C14H12N2O5/c17-11(18)7-10(14(20)21)16-13(19)9-5-1-3-8-4-2-6-15-12(8)9/h1-6,10H,7H2,(H,16,19)(H,17,18)(H,20,21). The SMILES string of the molecule is O=C(O)CC(NC(=O)c1cccc2cccnc12)C(=O)O. The highest BCUT2D eigenvalue weighted by Gasteiger charge is 2.24. The van der Waals surface area contributed by atoms with E-state index >= 15 is 0 Å². The van der Waals surface area contributed by atoms with Gasteiger partial charge in [-0.2, -0.15) is 0 Å². The number of nitrogens with one attached hydrogen (secondary N) is 1. The quantitative estimate of drug-likeness (QED) is 0.752. The summed E-state index contributed by atoms with van der Waals surface area (Å²) in [4.78, 5) is 37.8. The van der Waals surface area contributed by atoms with Gasteiger partial charge in [-0.1, -0.05) is 18.2 Å². The molecule has 1 amide bonds. The smallest absolute Gasteiger partial charge is 0.326 e. The van der Waals surface area contributed by atoms with E-state index in [9.17, 15) is 14.4 Å². The maximum atomic E-state index is 12.1. The van der Waals surface area contributed by atoms with Crippen LogP contribution in [0.5, 0.6) is 0 Å². The Morgan fingerprint density at radius 1 is 1.14 bits per heavy atom. The number of nitrogens with zero attached hydrogens (tertiary/aromatic N) is 1. The minimum absolute atomic E-state index is 0.199. The predicted molar refractivity (Wildman–Crippen MR) is 72.9 cm³/mol. The van der Waals surface area contributed by atoms with Gasteiger partial charge in [0.15, 0.2) is 0 Å². The van der Waals surface area contributed by atoms with E-state index in [2.05, 4.69) is 10.3 Å². The van der Waals surface area contributed by atoms with Crippen LogP contribution in [0, 0.1) is 0 Å². The third-order valence-electron chi connectivity index (χ3n) is 2.86. The van der Waals surface area contributed by atoms with Crippen LogP contribution in [-0.4, -0.2) is 39.1 Å². The van der Waals surface area contributed by atoms with Crippen molar-refractivity contribution in [3.63, 3.8) is 0 Å². The van der Waals surface area contributed by atoms with Gasteiger partial charge in [0.05, 0.1) is 17.5 Å². The first kappa shape index (κ1) is 14.4. The molecule has 0 fully saturated rings. The molecule has 2 rings (SSSR count). The molecule has 0 radical (unpaired) electrons. The zero-order valence-electron chi connectivity index (χ0n) is 10.8. The molecular formula is C14H12N2O5. The molecule has 7 nitrogen and oxygen atoms in total. The topological polar surface area (TPSA) is 117 Å². The van der Waals surface area contributed by atoms with Gasteiger partial charge in [-0.25, -0.2) is 4.79 Å². The Morgan fingerprint density at radius 2 is 1.86 bits per heavy atom. The van der Waals surface area contributed by atoms with Gasteiger partial charge in [0.2, 0.25) is 0 Å². The van der Waals surface area contributed by atoms with Crippen molar-refractivity contribution in [3.05, 3.63) is 42.1 Å². The molecule has 1 aromatic carbocycles. The number of carbonyl (C=O) groups is 3. The van der Waals surface area contributed by atoms with Crippen molar-refractivity contribution < 1.29 is 24.6 Å². The molecule has 1 unspecified atom stereocenters. The summed E-state index contributed by atoms with van der Waals surface area (Å²) in [6.45, 7) is 0. The number of carbonyl (C=O) groups excluding carboxylic acids is 1. The summed E-state index contributed by atoms with van der Waals surface area (Å²) in [7, 11) is 0. The van der Waals surface area contributed by atoms with Crippen LogP contribution in [0.2, 0.25) is 0 Å². The van der Waals surface area contributed by atoms with Crippen molar-refractivity contribution in [1.29, 1.82) is 0 Å². The molecule has 2 aromatic rings. The fourth-order valence-electron chi connectivity index (χ4n) is 1.90. The molecule has 0 saturated carbocycles. The molecule has 3 N–H and O–H groups in total. The normalized spacial score (nSPS) is 11.8. The number of fused-ring (bicyclic) bond motifs is 1. The van der Waals surface area contributed by atoms with E-state index in [4.69, 9.17) is 10.2 Å². The number of carboxylic acids is 2. The van der Waals surface area contributed by atoms with Crippen LogP contribution in [0.4, 0.5) is 0 Å². The van der Waals surface area contributed by atoms with Crippen molar-refractivity contribution in [2.24, 2.45) is 0 Å². The van der Waals surface area contributed by atoms with E-state index in [1.54, 1.807) is 24.3 Å². The minimum Gasteiger partial charge on any atom is -0.481 e. The van der Waals surface area contributed by atoms with Gasteiger partial charge in [0.1, 0.15) is 6.04 Å². The molecule has 0 bridgehead atoms. The van der Waals surface area contributed by atoms with Crippen LogP contribution in [0.25, 0.3) is 10.9 Å². The first-order chi connectivity index (χ1) is 9.99. The van der Waals surface area contributed by atoms with Gasteiger partial charge in [-0.05, 0) is 12.1 Å². The Morgan fingerprint density at radius 3 is 2.52 bits per heavy atom. The summed E-state index contributed by atoms with van der Waals surface area (Å²) in [5.74, 6) is -3.38. The van der Waals surface area contributed by atoms with Gasteiger partial charge < -0.3 is 15.5 Å². The number of hydrogen-bond acceptors (Lipinski definition) is 4. The number of benzene rings is 1. The Kier molecular flexibility index (Phi) is 4.13. The lowest BCUT2D eigenvalue weighted by atomic mass is 10.1. The number of carboxylic acid groups (broad SMARTS) is 2. The van der Waals surface area contributed by atoms with E-state index in [1.807, 2.05) is 0 Å². The lowest BCUT2D eigenvalue weighted by Gasteiger charge is -2.13. The lowest BCUT2D eigenvalue weighted by Crippen LogP contribution is -2.42. The molecule has 0 spiro atoms. The maximum absolute atomic E-state index is 12.1. The number of pyridine rings is 1. The molecule has 21 heavy (non-hydrogen) atoms. The number of aliphatic carboxylic acids is 2.